The summed E-state index contributed by atoms with van der Waals surface area (Å²) in [6.45, 7) is 4.81. The average Bonchev–Trinajstić information content (AvgIpc) is 3.09. The lowest BCUT2D eigenvalue weighted by Gasteiger charge is -2.17. The third-order valence-corrected chi connectivity index (χ3v) is 3.88. The number of imidazole rings is 1. The van der Waals surface area contributed by atoms with Crippen molar-refractivity contribution in [2.24, 2.45) is 0 Å². The van der Waals surface area contributed by atoms with Gasteiger partial charge < -0.3 is 19.1 Å². The molecule has 1 N–H and O–H groups in total. The molecule has 2 unspecified atom stereocenters. The van der Waals surface area contributed by atoms with Gasteiger partial charge in [-0.25, -0.2) is 4.98 Å². The SMILES string of the molecule is CCn1ccnc1C(O)c1cc2c(cc1OC)CC(C)O2. The van der Waals surface area contributed by atoms with E-state index in [9.17, 15) is 5.11 Å². The van der Waals surface area contributed by atoms with Crippen LogP contribution in [0, 0.1) is 0 Å². The minimum absolute atomic E-state index is 0.162. The van der Waals surface area contributed by atoms with Crippen molar-refractivity contribution in [2.45, 2.75) is 39.0 Å². The summed E-state index contributed by atoms with van der Waals surface area (Å²) in [7, 11) is 1.61. The molecule has 1 aliphatic heterocycles. The van der Waals surface area contributed by atoms with Crippen molar-refractivity contribution in [1.82, 2.24) is 9.55 Å². The maximum atomic E-state index is 10.7. The smallest absolute Gasteiger partial charge is 0.142 e. The zero-order valence-electron chi connectivity index (χ0n) is 12.5. The van der Waals surface area contributed by atoms with E-state index in [0.717, 1.165) is 24.3 Å². The number of aryl methyl sites for hydroxylation is 1. The van der Waals surface area contributed by atoms with Crippen LogP contribution in [0.2, 0.25) is 0 Å². The molecule has 0 aliphatic carbocycles. The van der Waals surface area contributed by atoms with Crippen molar-refractivity contribution < 1.29 is 14.6 Å². The summed E-state index contributed by atoms with van der Waals surface area (Å²) in [4.78, 5) is 4.26. The van der Waals surface area contributed by atoms with Crippen LogP contribution in [0.15, 0.2) is 24.5 Å². The maximum absolute atomic E-state index is 10.7. The van der Waals surface area contributed by atoms with Crippen LogP contribution in [0.1, 0.15) is 36.9 Å². The quantitative estimate of drug-likeness (QED) is 0.938. The zero-order chi connectivity index (χ0) is 15.0. The van der Waals surface area contributed by atoms with Gasteiger partial charge in [-0.3, -0.25) is 0 Å². The number of aliphatic hydroxyl groups is 1. The van der Waals surface area contributed by atoms with Crippen LogP contribution in [0.25, 0.3) is 0 Å². The van der Waals surface area contributed by atoms with E-state index in [-0.39, 0.29) is 6.10 Å². The zero-order valence-corrected chi connectivity index (χ0v) is 12.5. The van der Waals surface area contributed by atoms with E-state index in [1.165, 1.54) is 0 Å². The molecule has 0 radical (unpaired) electrons. The van der Waals surface area contributed by atoms with Crippen LogP contribution in [0.3, 0.4) is 0 Å². The summed E-state index contributed by atoms with van der Waals surface area (Å²) in [5, 5.41) is 10.7. The number of hydrogen-bond acceptors (Lipinski definition) is 4. The molecule has 112 valence electrons. The number of aliphatic hydroxyl groups excluding tert-OH is 1. The Morgan fingerprint density at radius 3 is 3.05 bits per heavy atom. The number of ether oxygens (including phenoxy) is 2. The van der Waals surface area contributed by atoms with Crippen molar-refractivity contribution in [1.29, 1.82) is 0 Å². The van der Waals surface area contributed by atoms with E-state index in [0.29, 0.717) is 17.1 Å². The number of methoxy groups -OCH3 is 1. The average molecular weight is 288 g/mol. The molecule has 21 heavy (non-hydrogen) atoms. The van der Waals surface area contributed by atoms with Crippen molar-refractivity contribution in [2.75, 3.05) is 7.11 Å². The van der Waals surface area contributed by atoms with Gasteiger partial charge in [0.25, 0.3) is 0 Å². The fourth-order valence-electron chi connectivity index (χ4n) is 2.82. The van der Waals surface area contributed by atoms with E-state index in [4.69, 9.17) is 9.47 Å². The number of aromatic nitrogens is 2. The van der Waals surface area contributed by atoms with Gasteiger partial charge in [-0.2, -0.15) is 0 Å². The molecule has 0 spiro atoms. The summed E-state index contributed by atoms with van der Waals surface area (Å²) in [5.74, 6) is 2.11. The van der Waals surface area contributed by atoms with Gasteiger partial charge in [0.05, 0.1) is 7.11 Å². The van der Waals surface area contributed by atoms with Crippen LogP contribution in [-0.2, 0) is 13.0 Å². The predicted molar refractivity (Wildman–Crippen MR) is 78.8 cm³/mol. The third-order valence-electron chi connectivity index (χ3n) is 3.88. The molecule has 0 saturated heterocycles. The fourth-order valence-corrected chi connectivity index (χ4v) is 2.82. The molecule has 2 atom stereocenters. The second-order valence-electron chi connectivity index (χ2n) is 5.31. The second kappa shape index (κ2) is 5.41. The molecule has 0 bridgehead atoms. The monoisotopic (exact) mass is 288 g/mol. The van der Waals surface area contributed by atoms with E-state index in [1.54, 1.807) is 13.3 Å². The largest absolute Gasteiger partial charge is 0.496 e. The first kappa shape index (κ1) is 13.9. The van der Waals surface area contributed by atoms with Crippen LogP contribution < -0.4 is 9.47 Å². The van der Waals surface area contributed by atoms with Crippen LogP contribution in [0.5, 0.6) is 11.5 Å². The first-order chi connectivity index (χ1) is 10.1. The van der Waals surface area contributed by atoms with Gasteiger partial charge >= 0.3 is 0 Å². The Balaban J connectivity index is 2.04. The van der Waals surface area contributed by atoms with Gasteiger partial charge in [0.15, 0.2) is 0 Å². The number of fused-ring (bicyclic) bond motifs is 1. The molecule has 0 fully saturated rings. The highest BCUT2D eigenvalue weighted by Gasteiger charge is 2.26. The van der Waals surface area contributed by atoms with Crippen LogP contribution in [-0.4, -0.2) is 27.9 Å². The van der Waals surface area contributed by atoms with Gasteiger partial charge in [0.2, 0.25) is 0 Å². The Bertz CT molecular complexity index is 651. The van der Waals surface area contributed by atoms with Crippen molar-refractivity contribution in [3.63, 3.8) is 0 Å². The Morgan fingerprint density at radius 2 is 2.33 bits per heavy atom. The molecular formula is C16H20N2O3. The molecule has 5 nitrogen and oxygen atoms in total. The lowest BCUT2D eigenvalue weighted by molar-refractivity contribution is 0.198. The molecular weight excluding hydrogens is 268 g/mol. The molecule has 5 heteroatoms. The number of nitrogens with zero attached hydrogens (tertiary/aromatic N) is 2. The second-order valence-corrected chi connectivity index (χ2v) is 5.31. The maximum Gasteiger partial charge on any atom is 0.142 e. The first-order valence-corrected chi connectivity index (χ1v) is 7.20. The Labute approximate surface area is 124 Å². The van der Waals surface area contributed by atoms with E-state index in [2.05, 4.69) is 4.98 Å². The predicted octanol–water partition coefficient (Wildman–Crippen LogP) is 2.32. The Kier molecular flexibility index (Phi) is 3.59. The highest BCUT2D eigenvalue weighted by atomic mass is 16.5. The molecule has 0 amide bonds. The van der Waals surface area contributed by atoms with Crippen molar-refractivity contribution >= 4 is 0 Å². The minimum Gasteiger partial charge on any atom is -0.496 e. The van der Waals surface area contributed by atoms with Gasteiger partial charge in [-0.05, 0) is 26.0 Å². The molecule has 2 aromatic rings. The van der Waals surface area contributed by atoms with E-state index in [1.807, 2.05) is 36.7 Å². The van der Waals surface area contributed by atoms with Crippen LogP contribution >= 0.6 is 0 Å². The molecule has 0 saturated carbocycles. The van der Waals surface area contributed by atoms with E-state index < -0.39 is 6.10 Å². The van der Waals surface area contributed by atoms with Gasteiger partial charge in [-0.1, -0.05) is 0 Å². The number of rotatable bonds is 4. The summed E-state index contributed by atoms with van der Waals surface area (Å²) < 4.78 is 13.1. The molecule has 2 heterocycles. The van der Waals surface area contributed by atoms with Crippen molar-refractivity contribution in [3.8, 4) is 11.5 Å². The highest BCUT2D eigenvalue weighted by Crippen LogP contribution is 2.38. The lowest BCUT2D eigenvalue weighted by atomic mass is 10.0. The standard InChI is InChI=1S/C16H20N2O3/c1-4-18-6-5-17-16(18)15(19)12-9-13-11(7-10(2)21-13)8-14(12)20-3/h5-6,8-10,15,19H,4,7H2,1-3H3. The summed E-state index contributed by atoms with van der Waals surface area (Å²) >= 11 is 0. The lowest BCUT2D eigenvalue weighted by Crippen LogP contribution is -2.10. The molecule has 3 rings (SSSR count). The van der Waals surface area contributed by atoms with Gasteiger partial charge in [-0.15, -0.1) is 0 Å². The minimum atomic E-state index is -0.834. The first-order valence-electron chi connectivity index (χ1n) is 7.20. The summed E-state index contributed by atoms with van der Waals surface area (Å²) in [6, 6.07) is 3.83. The molecule has 1 aromatic carbocycles. The molecule has 1 aliphatic rings. The van der Waals surface area contributed by atoms with Gasteiger partial charge in [0, 0.05) is 36.5 Å². The van der Waals surface area contributed by atoms with Gasteiger partial charge in [0.1, 0.15) is 29.5 Å². The summed E-state index contributed by atoms with van der Waals surface area (Å²) in [5.41, 5.74) is 1.81. The van der Waals surface area contributed by atoms with E-state index >= 15 is 0 Å². The van der Waals surface area contributed by atoms with Crippen LogP contribution in [0.4, 0.5) is 0 Å². The Hall–Kier alpha value is -2.01. The number of hydrogen-bond donors (Lipinski definition) is 1. The topological polar surface area (TPSA) is 56.5 Å². The summed E-state index contributed by atoms with van der Waals surface area (Å²) in [6.07, 6.45) is 3.75. The number of benzene rings is 1. The van der Waals surface area contributed by atoms with Crippen molar-refractivity contribution in [3.05, 3.63) is 41.5 Å². The Morgan fingerprint density at radius 1 is 1.52 bits per heavy atom. The highest BCUT2D eigenvalue weighted by molar-refractivity contribution is 5.50. The normalized spacial score (nSPS) is 18.2. The third kappa shape index (κ3) is 2.38. The fraction of sp³-hybridized carbons (Fsp3) is 0.438. The molecule has 1 aromatic heterocycles.